The Bertz CT molecular complexity index is 1090. The van der Waals surface area contributed by atoms with E-state index in [2.05, 4.69) is 46.0 Å². The second-order valence-electron chi connectivity index (χ2n) is 6.61. The molecule has 0 bridgehead atoms. The van der Waals surface area contributed by atoms with Gasteiger partial charge in [0, 0.05) is 34.3 Å². The highest BCUT2D eigenvalue weighted by atomic mass is 32.1. The first-order chi connectivity index (χ1) is 13.0. The first kappa shape index (κ1) is 17.9. The van der Waals surface area contributed by atoms with Gasteiger partial charge in [0.05, 0.1) is 12.2 Å². The summed E-state index contributed by atoms with van der Waals surface area (Å²) in [5, 5.41) is 6.92. The third kappa shape index (κ3) is 3.40. The minimum Gasteiger partial charge on any atom is -0.346 e. The van der Waals surface area contributed by atoms with E-state index in [9.17, 15) is 4.79 Å². The van der Waals surface area contributed by atoms with Crippen molar-refractivity contribution in [2.75, 3.05) is 0 Å². The van der Waals surface area contributed by atoms with Crippen molar-refractivity contribution in [2.45, 2.75) is 33.4 Å². The number of aryl methyl sites for hydroxylation is 1. The molecule has 0 radical (unpaired) electrons. The van der Waals surface area contributed by atoms with E-state index in [0.717, 1.165) is 32.2 Å². The van der Waals surface area contributed by atoms with Crippen LogP contribution in [0, 0.1) is 6.92 Å². The Hall–Kier alpha value is -2.51. The minimum absolute atomic E-state index is 0.0737. The molecular formula is C20H20N4OS2. The number of thiazole rings is 1. The van der Waals surface area contributed by atoms with E-state index >= 15 is 0 Å². The number of fused-ring (bicyclic) bond motifs is 1. The van der Waals surface area contributed by atoms with Gasteiger partial charge in [-0.25, -0.2) is 9.97 Å². The van der Waals surface area contributed by atoms with Crippen LogP contribution >= 0.6 is 22.7 Å². The monoisotopic (exact) mass is 396 g/mol. The van der Waals surface area contributed by atoms with Gasteiger partial charge in [-0.2, -0.15) is 0 Å². The van der Waals surface area contributed by atoms with Gasteiger partial charge < -0.3 is 9.88 Å². The van der Waals surface area contributed by atoms with E-state index in [1.807, 2.05) is 36.7 Å². The summed E-state index contributed by atoms with van der Waals surface area (Å²) in [5.74, 6) is -0.0737. The maximum absolute atomic E-state index is 12.6. The van der Waals surface area contributed by atoms with Crippen molar-refractivity contribution >= 4 is 39.6 Å². The van der Waals surface area contributed by atoms with Crippen molar-refractivity contribution in [1.82, 2.24) is 19.9 Å². The number of amides is 1. The number of hydrogen-bond acceptors (Lipinski definition) is 5. The molecule has 0 unspecified atom stereocenters. The maximum atomic E-state index is 12.6. The Balaban J connectivity index is 1.67. The number of pyridine rings is 1. The lowest BCUT2D eigenvalue weighted by Crippen LogP contribution is -2.22. The highest BCUT2D eigenvalue weighted by Gasteiger charge is 2.20. The van der Waals surface area contributed by atoms with Gasteiger partial charge in [0.15, 0.2) is 0 Å². The highest BCUT2D eigenvalue weighted by Crippen LogP contribution is 2.35. The lowest BCUT2D eigenvalue weighted by Gasteiger charge is -2.07. The average Bonchev–Trinajstić information content (AvgIpc) is 3.37. The molecule has 0 saturated heterocycles. The molecule has 4 rings (SSSR count). The van der Waals surface area contributed by atoms with E-state index in [4.69, 9.17) is 0 Å². The number of nitrogens with zero attached hydrogens (tertiary/aromatic N) is 3. The molecule has 0 aliphatic rings. The summed E-state index contributed by atoms with van der Waals surface area (Å²) in [5.41, 5.74) is 2.73. The van der Waals surface area contributed by atoms with Gasteiger partial charge >= 0.3 is 0 Å². The summed E-state index contributed by atoms with van der Waals surface area (Å²) in [6.07, 6.45) is 3.90. The van der Waals surface area contributed by atoms with Gasteiger partial charge in [0.2, 0.25) is 0 Å². The second-order valence-corrected chi connectivity index (χ2v) is 8.65. The molecule has 0 spiro atoms. The smallest absolute Gasteiger partial charge is 0.263 e. The Morgan fingerprint density at radius 2 is 2.15 bits per heavy atom. The fourth-order valence-corrected chi connectivity index (χ4v) is 4.68. The standard InChI is InChI=1S/C20H20N4OS2/c1-12(2)24-11-16(15-7-4-8-21-18(15)24)20-23-13(3)17(27-20)19(25)22-10-14-6-5-9-26-14/h4-9,11-12H,10H2,1-3H3,(H,22,25). The molecule has 5 nitrogen and oxygen atoms in total. The molecule has 0 atom stereocenters. The van der Waals surface area contributed by atoms with Crippen LogP contribution in [0.1, 0.15) is 40.1 Å². The summed E-state index contributed by atoms with van der Waals surface area (Å²) in [7, 11) is 0. The molecule has 0 saturated carbocycles. The van der Waals surface area contributed by atoms with E-state index < -0.39 is 0 Å². The number of carbonyl (C=O) groups is 1. The van der Waals surface area contributed by atoms with Gasteiger partial charge in [-0.1, -0.05) is 6.07 Å². The number of rotatable bonds is 5. The summed E-state index contributed by atoms with van der Waals surface area (Å²) in [6.45, 7) is 6.70. The quantitative estimate of drug-likeness (QED) is 0.514. The first-order valence-corrected chi connectivity index (χ1v) is 10.5. The SMILES string of the molecule is Cc1nc(-c2cn(C(C)C)c3ncccc23)sc1C(=O)NCc1cccs1. The molecule has 4 aromatic heterocycles. The van der Waals surface area contributed by atoms with Crippen molar-refractivity contribution in [3.63, 3.8) is 0 Å². The number of carbonyl (C=O) groups excluding carboxylic acids is 1. The van der Waals surface area contributed by atoms with Crippen LogP contribution in [0.3, 0.4) is 0 Å². The van der Waals surface area contributed by atoms with Crippen LogP contribution in [0.25, 0.3) is 21.6 Å². The van der Waals surface area contributed by atoms with Crippen molar-refractivity contribution in [1.29, 1.82) is 0 Å². The summed E-state index contributed by atoms with van der Waals surface area (Å²) >= 11 is 3.07. The van der Waals surface area contributed by atoms with Gasteiger partial charge in [-0.15, -0.1) is 22.7 Å². The zero-order valence-electron chi connectivity index (χ0n) is 15.4. The summed E-state index contributed by atoms with van der Waals surface area (Å²) in [6, 6.07) is 8.30. The molecule has 138 valence electrons. The van der Waals surface area contributed by atoms with E-state index in [-0.39, 0.29) is 5.91 Å². The lowest BCUT2D eigenvalue weighted by molar-refractivity contribution is 0.0954. The van der Waals surface area contributed by atoms with Gasteiger partial charge in [0.25, 0.3) is 5.91 Å². The van der Waals surface area contributed by atoms with Crippen molar-refractivity contribution in [2.24, 2.45) is 0 Å². The van der Waals surface area contributed by atoms with Crippen LogP contribution in [0.4, 0.5) is 0 Å². The number of nitrogens with one attached hydrogen (secondary N) is 1. The minimum atomic E-state index is -0.0737. The molecule has 27 heavy (non-hydrogen) atoms. The van der Waals surface area contributed by atoms with Crippen molar-refractivity contribution in [3.8, 4) is 10.6 Å². The Labute approximate surface area is 165 Å². The van der Waals surface area contributed by atoms with Crippen LogP contribution in [-0.4, -0.2) is 20.4 Å². The molecule has 4 aromatic rings. The largest absolute Gasteiger partial charge is 0.346 e. The Kier molecular flexibility index (Phi) is 4.80. The van der Waals surface area contributed by atoms with Crippen molar-refractivity contribution < 1.29 is 4.79 Å². The van der Waals surface area contributed by atoms with Crippen molar-refractivity contribution in [3.05, 3.63) is 57.5 Å². The molecule has 0 fully saturated rings. The van der Waals surface area contributed by atoms with Crippen LogP contribution in [0.2, 0.25) is 0 Å². The molecule has 0 aliphatic carbocycles. The van der Waals surface area contributed by atoms with Crippen LogP contribution in [0.5, 0.6) is 0 Å². The van der Waals surface area contributed by atoms with E-state index in [1.165, 1.54) is 11.3 Å². The van der Waals surface area contributed by atoms with Crippen LogP contribution in [-0.2, 0) is 6.54 Å². The topological polar surface area (TPSA) is 59.8 Å². The fraction of sp³-hybridized carbons (Fsp3) is 0.250. The molecule has 4 heterocycles. The van der Waals surface area contributed by atoms with Gasteiger partial charge in [-0.05, 0) is 44.4 Å². The Morgan fingerprint density at radius 1 is 1.30 bits per heavy atom. The zero-order chi connectivity index (χ0) is 19.0. The maximum Gasteiger partial charge on any atom is 0.263 e. The lowest BCUT2D eigenvalue weighted by atomic mass is 10.2. The molecule has 1 N–H and O–H groups in total. The second kappa shape index (κ2) is 7.25. The molecule has 0 aromatic carbocycles. The molecular weight excluding hydrogens is 376 g/mol. The van der Waals surface area contributed by atoms with Gasteiger partial charge in [0.1, 0.15) is 15.5 Å². The summed E-state index contributed by atoms with van der Waals surface area (Å²) < 4.78 is 2.15. The predicted molar refractivity (Wildman–Crippen MR) is 111 cm³/mol. The van der Waals surface area contributed by atoms with Crippen LogP contribution < -0.4 is 5.32 Å². The Morgan fingerprint density at radius 3 is 2.89 bits per heavy atom. The van der Waals surface area contributed by atoms with E-state index in [0.29, 0.717) is 17.5 Å². The number of aromatic nitrogens is 3. The number of hydrogen-bond donors (Lipinski definition) is 1. The summed E-state index contributed by atoms with van der Waals surface area (Å²) in [4.78, 5) is 23.6. The first-order valence-electron chi connectivity index (χ1n) is 8.78. The third-order valence-electron chi connectivity index (χ3n) is 4.38. The van der Waals surface area contributed by atoms with Crippen LogP contribution in [0.15, 0.2) is 42.0 Å². The van der Waals surface area contributed by atoms with Gasteiger partial charge in [-0.3, -0.25) is 4.79 Å². The molecule has 1 amide bonds. The molecule has 7 heteroatoms. The predicted octanol–water partition coefficient (Wildman–Crippen LogP) is 5.04. The molecule has 0 aliphatic heterocycles. The highest BCUT2D eigenvalue weighted by molar-refractivity contribution is 7.17. The third-order valence-corrected chi connectivity index (χ3v) is 6.45. The van der Waals surface area contributed by atoms with E-state index in [1.54, 1.807) is 11.3 Å². The normalized spacial score (nSPS) is 11.4. The number of thiophene rings is 1. The average molecular weight is 397 g/mol. The zero-order valence-corrected chi connectivity index (χ0v) is 17.0. The fourth-order valence-electron chi connectivity index (χ4n) is 3.03.